The summed E-state index contributed by atoms with van der Waals surface area (Å²) in [5, 5.41) is 13.7. The fraction of sp³-hybridized carbons (Fsp3) is 0.778. The number of hydrogen-bond acceptors (Lipinski definition) is 2. The Bertz CT molecular complexity index is 194. The van der Waals surface area contributed by atoms with Crippen molar-refractivity contribution in [2.45, 2.75) is 39.2 Å². The molecule has 0 rings (SSSR count). The smallest absolute Gasteiger partial charge is 0.326 e. The molecule has 2 amide bonds. The summed E-state index contributed by atoms with van der Waals surface area (Å²) in [6.45, 7) is 4.25. The molecule has 0 aromatic rings. The number of amides is 2. The maximum absolute atomic E-state index is 11.0. The van der Waals surface area contributed by atoms with Crippen molar-refractivity contribution in [2.24, 2.45) is 0 Å². The van der Waals surface area contributed by atoms with E-state index in [4.69, 9.17) is 5.11 Å². The average Bonchev–Trinajstić information content (AvgIpc) is 2.12. The van der Waals surface area contributed by atoms with E-state index in [1.165, 1.54) is 0 Å². The summed E-state index contributed by atoms with van der Waals surface area (Å²) in [5.74, 6) is -0.982. The van der Waals surface area contributed by atoms with Gasteiger partial charge in [0.25, 0.3) is 0 Å². The van der Waals surface area contributed by atoms with E-state index < -0.39 is 18.0 Å². The van der Waals surface area contributed by atoms with Crippen LogP contribution >= 0.6 is 0 Å². The van der Waals surface area contributed by atoms with Gasteiger partial charge in [0.2, 0.25) is 0 Å². The van der Waals surface area contributed by atoms with Crippen molar-refractivity contribution in [3.8, 4) is 0 Å². The van der Waals surface area contributed by atoms with Crippen LogP contribution in [-0.2, 0) is 4.79 Å². The molecule has 0 aliphatic heterocycles. The zero-order chi connectivity index (χ0) is 11.0. The van der Waals surface area contributed by atoms with Gasteiger partial charge in [-0.3, -0.25) is 0 Å². The normalized spacial score (nSPS) is 11.9. The minimum Gasteiger partial charge on any atom is -0.480 e. The molecule has 0 radical (unpaired) electrons. The second-order valence-corrected chi connectivity index (χ2v) is 3.04. The molecular weight excluding hydrogens is 184 g/mol. The van der Waals surface area contributed by atoms with Gasteiger partial charge in [-0.15, -0.1) is 0 Å². The predicted molar refractivity (Wildman–Crippen MR) is 53.2 cm³/mol. The molecule has 1 atom stereocenters. The zero-order valence-electron chi connectivity index (χ0n) is 8.67. The number of carbonyl (C=O) groups is 2. The third-order valence-electron chi connectivity index (χ3n) is 1.79. The number of rotatable bonds is 6. The number of carboxylic acid groups (broad SMARTS) is 1. The highest BCUT2D eigenvalue weighted by atomic mass is 16.4. The molecule has 5 heteroatoms. The lowest BCUT2D eigenvalue weighted by Gasteiger charge is -2.13. The van der Waals surface area contributed by atoms with E-state index in [9.17, 15) is 9.59 Å². The van der Waals surface area contributed by atoms with Crippen LogP contribution in [0.15, 0.2) is 0 Å². The molecule has 0 saturated heterocycles. The fourth-order valence-electron chi connectivity index (χ4n) is 1.04. The molecular formula is C9H18N2O3. The second kappa shape index (κ2) is 7.17. The number of urea groups is 1. The Kier molecular flexibility index (Phi) is 6.53. The van der Waals surface area contributed by atoms with Crippen LogP contribution in [-0.4, -0.2) is 29.7 Å². The molecule has 5 nitrogen and oxygen atoms in total. The lowest BCUT2D eigenvalue weighted by Crippen LogP contribution is -2.45. The molecule has 82 valence electrons. The van der Waals surface area contributed by atoms with Crippen molar-refractivity contribution in [1.29, 1.82) is 0 Å². The lowest BCUT2D eigenvalue weighted by molar-refractivity contribution is -0.139. The number of unbranched alkanes of at least 4 members (excludes halogenated alkanes) is 1. The molecule has 14 heavy (non-hydrogen) atoms. The minimum absolute atomic E-state index is 0.420. The number of hydrogen-bond donors (Lipinski definition) is 3. The van der Waals surface area contributed by atoms with Gasteiger partial charge in [0.15, 0.2) is 0 Å². The first kappa shape index (κ1) is 12.7. The zero-order valence-corrected chi connectivity index (χ0v) is 8.67. The molecule has 0 fully saturated rings. The van der Waals surface area contributed by atoms with Crippen molar-refractivity contribution in [1.82, 2.24) is 10.6 Å². The molecule has 0 bridgehead atoms. The van der Waals surface area contributed by atoms with Gasteiger partial charge in [-0.1, -0.05) is 19.8 Å². The third kappa shape index (κ3) is 5.40. The number of carboxylic acids is 1. The first-order valence-corrected chi connectivity index (χ1v) is 4.89. The molecule has 0 aromatic heterocycles. The van der Waals surface area contributed by atoms with Crippen LogP contribution in [0.4, 0.5) is 4.79 Å². The Morgan fingerprint density at radius 1 is 1.36 bits per heavy atom. The average molecular weight is 202 g/mol. The molecule has 0 unspecified atom stereocenters. The maximum atomic E-state index is 11.0. The highest BCUT2D eigenvalue weighted by molar-refractivity contribution is 5.82. The predicted octanol–water partition coefficient (Wildman–Crippen LogP) is 0.949. The van der Waals surface area contributed by atoms with Gasteiger partial charge in [0.05, 0.1) is 0 Å². The quantitative estimate of drug-likeness (QED) is 0.600. The van der Waals surface area contributed by atoms with E-state index >= 15 is 0 Å². The Morgan fingerprint density at radius 3 is 2.43 bits per heavy atom. The fourth-order valence-corrected chi connectivity index (χ4v) is 1.04. The van der Waals surface area contributed by atoms with Crippen LogP contribution in [0.2, 0.25) is 0 Å². The molecule has 0 aliphatic carbocycles. The van der Waals surface area contributed by atoms with Crippen LogP contribution in [0.3, 0.4) is 0 Å². The topological polar surface area (TPSA) is 78.4 Å². The van der Waals surface area contributed by atoms with Crippen molar-refractivity contribution >= 4 is 12.0 Å². The van der Waals surface area contributed by atoms with Crippen LogP contribution in [0.1, 0.15) is 33.1 Å². The van der Waals surface area contributed by atoms with Gasteiger partial charge in [0.1, 0.15) is 6.04 Å². The molecule has 3 N–H and O–H groups in total. The standard InChI is InChI=1S/C9H18N2O3/c1-3-5-6-7(8(12)13)11-9(14)10-4-2/h7H,3-6H2,1-2H3,(H,12,13)(H2,10,11,14)/t7-/m0/s1. The SMILES string of the molecule is CCCC[C@H](NC(=O)NCC)C(=O)O. The largest absolute Gasteiger partial charge is 0.480 e. The van der Waals surface area contributed by atoms with Gasteiger partial charge in [-0.2, -0.15) is 0 Å². The summed E-state index contributed by atoms with van der Waals surface area (Å²) in [4.78, 5) is 21.7. The summed E-state index contributed by atoms with van der Waals surface area (Å²) in [5.41, 5.74) is 0. The van der Waals surface area contributed by atoms with Gasteiger partial charge < -0.3 is 15.7 Å². The van der Waals surface area contributed by atoms with Crippen molar-refractivity contribution < 1.29 is 14.7 Å². The molecule has 0 aromatic carbocycles. The lowest BCUT2D eigenvalue weighted by atomic mass is 10.1. The van der Waals surface area contributed by atoms with Gasteiger partial charge in [-0.05, 0) is 13.3 Å². The Morgan fingerprint density at radius 2 is 2.00 bits per heavy atom. The molecule has 0 aliphatic rings. The van der Waals surface area contributed by atoms with E-state index in [1.54, 1.807) is 6.92 Å². The Labute approximate surface area is 83.9 Å². The first-order chi connectivity index (χ1) is 6.61. The van der Waals surface area contributed by atoms with E-state index in [0.717, 1.165) is 12.8 Å². The summed E-state index contributed by atoms with van der Waals surface area (Å²) in [6, 6.07) is -1.20. The highest BCUT2D eigenvalue weighted by Gasteiger charge is 2.18. The van der Waals surface area contributed by atoms with E-state index in [0.29, 0.717) is 13.0 Å². The second-order valence-electron chi connectivity index (χ2n) is 3.04. The minimum atomic E-state index is -0.982. The van der Waals surface area contributed by atoms with Crippen LogP contribution in [0.25, 0.3) is 0 Å². The van der Waals surface area contributed by atoms with Crippen molar-refractivity contribution in [3.05, 3.63) is 0 Å². The van der Waals surface area contributed by atoms with Crippen LogP contribution < -0.4 is 10.6 Å². The first-order valence-electron chi connectivity index (χ1n) is 4.89. The van der Waals surface area contributed by atoms with Gasteiger partial charge in [-0.25, -0.2) is 9.59 Å². The maximum Gasteiger partial charge on any atom is 0.326 e. The Balaban J connectivity index is 3.95. The van der Waals surface area contributed by atoms with Crippen LogP contribution in [0, 0.1) is 0 Å². The molecule has 0 heterocycles. The summed E-state index contributed by atoms with van der Waals surface area (Å²) < 4.78 is 0. The van der Waals surface area contributed by atoms with E-state index in [-0.39, 0.29) is 0 Å². The van der Waals surface area contributed by atoms with Gasteiger partial charge >= 0.3 is 12.0 Å². The number of aliphatic carboxylic acids is 1. The highest BCUT2D eigenvalue weighted by Crippen LogP contribution is 2.00. The summed E-state index contributed by atoms with van der Waals surface area (Å²) in [6.07, 6.45) is 2.19. The van der Waals surface area contributed by atoms with Crippen LogP contribution in [0.5, 0.6) is 0 Å². The van der Waals surface area contributed by atoms with Crippen molar-refractivity contribution in [3.63, 3.8) is 0 Å². The Hall–Kier alpha value is -1.26. The van der Waals surface area contributed by atoms with E-state index in [2.05, 4.69) is 10.6 Å². The van der Waals surface area contributed by atoms with Gasteiger partial charge in [0, 0.05) is 6.54 Å². The summed E-state index contributed by atoms with van der Waals surface area (Å²) in [7, 11) is 0. The number of nitrogens with one attached hydrogen (secondary N) is 2. The van der Waals surface area contributed by atoms with E-state index in [1.807, 2.05) is 6.92 Å². The molecule has 0 spiro atoms. The number of carbonyl (C=O) groups excluding carboxylic acids is 1. The van der Waals surface area contributed by atoms with Crippen molar-refractivity contribution in [2.75, 3.05) is 6.54 Å². The monoisotopic (exact) mass is 202 g/mol. The third-order valence-corrected chi connectivity index (χ3v) is 1.79. The molecule has 0 saturated carbocycles. The summed E-state index contributed by atoms with van der Waals surface area (Å²) >= 11 is 0.